The van der Waals surface area contributed by atoms with E-state index in [1.807, 2.05) is 91.9 Å². The summed E-state index contributed by atoms with van der Waals surface area (Å²) in [6.07, 6.45) is 3.86. The van der Waals surface area contributed by atoms with Gasteiger partial charge >= 0.3 is 0 Å². The molecule has 0 saturated carbocycles. The maximum atomic E-state index is 13.2. The molecule has 4 heteroatoms. The largest absolute Gasteiger partial charge is 0.268 e. The van der Waals surface area contributed by atoms with Gasteiger partial charge in [-0.25, -0.2) is 4.98 Å². The monoisotopic (exact) mass is 416 g/mol. The van der Waals surface area contributed by atoms with E-state index in [0.717, 1.165) is 21.3 Å². The van der Waals surface area contributed by atoms with Crippen LogP contribution in [0.3, 0.4) is 0 Å². The molecule has 4 aromatic rings. The van der Waals surface area contributed by atoms with Gasteiger partial charge in [-0.2, -0.15) is 0 Å². The summed E-state index contributed by atoms with van der Waals surface area (Å²) in [6, 6.07) is 23.3. The number of para-hydroxylation sites is 1. The lowest BCUT2D eigenvalue weighted by molar-refractivity contribution is 0.942. The molecular formula is C23H17BrN2O. The quantitative estimate of drug-likeness (QED) is 0.433. The molecule has 0 saturated heterocycles. The van der Waals surface area contributed by atoms with E-state index in [1.165, 1.54) is 0 Å². The molecule has 3 aromatic carbocycles. The van der Waals surface area contributed by atoms with Crippen LogP contribution in [0.2, 0.25) is 0 Å². The highest BCUT2D eigenvalue weighted by atomic mass is 79.9. The minimum absolute atomic E-state index is 0.0679. The van der Waals surface area contributed by atoms with Crippen LogP contribution >= 0.6 is 15.9 Å². The average molecular weight is 417 g/mol. The molecule has 0 unspecified atom stereocenters. The topological polar surface area (TPSA) is 34.9 Å². The summed E-state index contributed by atoms with van der Waals surface area (Å²) >= 11 is 3.45. The van der Waals surface area contributed by atoms with E-state index in [9.17, 15) is 4.79 Å². The zero-order valence-corrected chi connectivity index (χ0v) is 16.3. The molecule has 0 aliphatic carbocycles. The van der Waals surface area contributed by atoms with Gasteiger partial charge in [-0.3, -0.25) is 9.36 Å². The second-order valence-electron chi connectivity index (χ2n) is 6.35. The van der Waals surface area contributed by atoms with Gasteiger partial charge in [0.25, 0.3) is 5.56 Å². The molecule has 1 heterocycles. The van der Waals surface area contributed by atoms with Crippen LogP contribution < -0.4 is 5.56 Å². The van der Waals surface area contributed by atoms with Gasteiger partial charge in [-0.1, -0.05) is 58.4 Å². The van der Waals surface area contributed by atoms with Crippen molar-refractivity contribution in [3.63, 3.8) is 0 Å². The van der Waals surface area contributed by atoms with Gasteiger partial charge in [0.05, 0.1) is 16.6 Å². The fourth-order valence-corrected chi connectivity index (χ4v) is 3.29. The highest BCUT2D eigenvalue weighted by molar-refractivity contribution is 9.10. The second kappa shape index (κ2) is 7.33. The van der Waals surface area contributed by atoms with Gasteiger partial charge in [0, 0.05) is 4.47 Å². The molecule has 1 aromatic heterocycles. The number of hydrogen-bond acceptors (Lipinski definition) is 2. The van der Waals surface area contributed by atoms with Crippen LogP contribution in [0.25, 0.3) is 28.7 Å². The van der Waals surface area contributed by atoms with E-state index in [4.69, 9.17) is 4.98 Å². The zero-order valence-electron chi connectivity index (χ0n) is 14.8. The third-order valence-corrected chi connectivity index (χ3v) is 4.89. The third kappa shape index (κ3) is 3.62. The van der Waals surface area contributed by atoms with Gasteiger partial charge in [0.1, 0.15) is 5.82 Å². The van der Waals surface area contributed by atoms with E-state index >= 15 is 0 Å². The number of benzene rings is 3. The number of aromatic nitrogens is 2. The first kappa shape index (κ1) is 17.4. The first-order valence-electron chi connectivity index (χ1n) is 8.64. The Morgan fingerprint density at radius 2 is 1.70 bits per heavy atom. The van der Waals surface area contributed by atoms with Gasteiger partial charge < -0.3 is 0 Å². The molecule has 0 N–H and O–H groups in total. The van der Waals surface area contributed by atoms with Gasteiger partial charge in [-0.15, -0.1) is 0 Å². The van der Waals surface area contributed by atoms with Crippen molar-refractivity contribution < 1.29 is 0 Å². The molecule has 0 spiro atoms. The lowest BCUT2D eigenvalue weighted by atomic mass is 10.2. The van der Waals surface area contributed by atoms with Gasteiger partial charge in [0.2, 0.25) is 0 Å². The van der Waals surface area contributed by atoms with E-state index in [1.54, 1.807) is 4.57 Å². The third-order valence-electron chi connectivity index (χ3n) is 4.36. The van der Waals surface area contributed by atoms with Crippen molar-refractivity contribution in [1.29, 1.82) is 0 Å². The minimum Gasteiger partial charge on any atom is -0.268 e. The smallest absolute Gasteiger partial charge is 0.266 e. The van der Waals surface area contributed by atoms with Crippen LogP contribution in [-0.4, -0.2) is 9.55 Å². The summed E-state index contributed by atoms with van der Waals surface area (Å²) in [5.74, 6) is 0.604. The highest BCUT2D eigenvalue weighted by Crippen LogP contribution is 2.17. The average Bonchev–Trinajstić information content (AvgIpc) is 2.68. The van der Waals surface area contributed by atoms with Crippen LogP contribution in [0.1, 0.15) is 17.0 Å². The molecule has 0 radical (unpaired) electrons. The Kier molecular flexibility index (Phi) is 4.73. The summed E-state index contributed by atoms with van der Waals surface area (Å²) in [6.45, 7) is 2.01. The molecule has 0 aliphatic rings. The zero-order chi connectivity index (χ0) is 18.8. The maximum absolute atomic E-state index is 13.2. The Balaban J connectivity index is 1.93. The molecule has 0 atom stereocenters. The first-order chi connectivity index (χ1) is 13.1. The Bertz CT molecular complexity index is 1210. The number of halogens is 1. The normalized spacial score (nSPS) is 11.3. The highest BCUT2D eigenvalue weighted by Gasteiger charge is 2.11. The summed E-state index contributed by atoms with van der Waals surface area (Å²) in [5, 5.41) is 0.611. The predicted octanol–water partition coefficient (Wildman–Crippen LogP) is 5.63. The van der Waals surface area contributed by atoms with Crippen molar-refractivity contribution in [2.45, 2.75) is 6.92 Å². The molecule has 0 bridgehead atoms. The molecule has 4 rings (SSSR count). The Hall–Kier alpha value is -2.98. The fourth-order valence-electron chi connectivity index (χ4n) is 3.02. The van der Waals surface area contributed by atoms with Crippen molar-refractivity contribution >= 4 is 39.0 Å². The van der Waals surface area contributed by atoms with Crippen LogP contribution in [0.4, 0.5) is 0 Å². The van der Waals surface area contributed by atoms with Crippen LogP contribution in [0, 0.1) is 6.92 Å². The van der Waals surface area contributed by atoms with Gasteiger partial charge in [0.15, 0.2) is 0 Å². The summed E-state index contributed by atoms with van der Waals surface area (Å²) in [4.78, 5) is 17.9. The van der Waals surface area contributed by atoms with Crippen molar-refractivity contribution in [2.24, 2.45) is 0 Å². The van der Waals surface area contributed by atoms with Crippen LogP contribution in [-0.2, 0) is 0 Å². The van der Waals surface area contributed by atoms with Crippen molar-refractivity contribution in [3.8, 4) is 5.69 Å². The van der Waals surface area contributed by atoms with E-state index in [2.05, 4.69) is 15.9 Å². The van der Waals surface area contributed by atoms with Crippen molar-refractivity contribution in [2.75, 3.05) is 0 Å². The van der Waals surface area contributed by atoms with E-state index in [0.29, 0.717) is 16.7 Å². The molecule has 3 nitrogen and oxygen atoms in total. The Morgan fingerprint density at radius 3 is 2.48 bits per heavy atom. The number of aryl methyl sites for hydroxylation is 1. The molecule has 27 heavy (non-hydrogen) atoms. The standard InChI is InChI=1S/C23H17BrN2O/c1-16-5-4-6-19(15-16)26-22(14-11-17-9-12-18(24)13-10-17)25-21-8-3-2-7-20(21)23(26)27/h2-15H,1H3/b14-11+. The summed E-state index contributed by atoms with van der Waals surface area (Å²) in [7, 11) is 0. The molecular weight excluding hydrogens is 400 g/mol. The maximum Gasteiger partial charge on any atom is 0.266 e. The van der Waals surface area contributed by atoms with Crippen molar-refractivity contribution in [1.82, 2.24) is 9.55 Å². The SMILES string of the molecule is Cc1cccc(-n2c(/C=C/c3ccc(Br)cc3)nc3ccccc3c2=O)c1. The predicted molar refractivity (Wildman–Crippen MR) is 115 cm³/mol. The van der Waals surface area contributed by atoms with Crippen molar-refractivity contribution in [3.05, 3.63) is 105 Å². The Morgan fingerprint density at radius 1 is 0.926 bits per heavy atom. The Labute approximate surface area is 165 Å². The molecule has 0 aliphatic heterocycles. The number of nitrogens with zero attached hydrogens (tertiary/aromatic N) is 2. The lowest BCUT2D eigenvalue weighted by Gasteiger charge is -2.12. The first-order valence-corrected chi connectivity index (χ1v) is 9.43. The van der Waals surface area contributed by atoms with E-state index in [-0.39, 0.29) is 5.56 Å². The summed E-state index contributed by atoms with van der Waals surface area (Å²) < 4.78 is 2.70. The lowest BCUT2D eigenvalue weighted by Crippen LogP contribution is -2.22. The van der Waals surface area contributed by atoms with E-state index < -0.39 is 0 Å². The number of fused-ring (bicyclic) bond motifs is 1. The minimum atomic E-state index is -0.0679. The second-order valence-corrected chi connectivity index (χ2v) is 7.27. The van der Waals surface area contributed by atoms with Gasteiger partial charge in [-0.05, 0) is 60.5 Å². The fraction of sp³-hybridized carbons (Fsp3) is 0.0435. The summed E-state index contributed by atoms with van der Waals surface area (Å²) in [5.41, 5.74) is 3.57. The number of hydrogen-bond donors (Lipinski definition) is 0. The molecule has 132 valence electrons. The van der Waals surface area contributed by atoms with Crippen LogP contribution in [0.15, 0.2) is 82.1 Å². The number of rotatable bonds is 3. The molecule has 0 fully saturated rings. The van der Waals surface area contributed by atoms with Crippen LogP contribution in [0.5, 0.6) is 0 Å². The molecule has 0 amide bonds.